The zero-order valence-electron chi connectivity index (χ0n) is 12.9. The van der Waals surface area contributed by atoms with Crippen molar-refractivity contribution in [3.63, 3.8) is 0 Å². The SMILES string of the molecule is Cn1ccc2cc(N3Cc4ccc(OC(F)F)cc4C3=O)ccc21. The van der Waals surface area contributed by atoms with Crippen LogP contribution in [-0.2, 0) is 13.6 Å². The van der Waals surface area contributed by atoms with E-state index in [1.54, 1.807) is 11.0 Å². The summed E-state index contributed by atoms with van der Waals surface area (Å²) in [4.78, 5) is 14.3. The van der Waals surface area contributed by atoms with E-state index in [0.29, 0.717) is 12.1 Å². The van der Waals surface area contributed by atoms with Gasteiger partial charge < -0.3 is 14.2 Å². The van der Waals surface area contributed by atoms with Gasteiger partial charge in [0.05, 0.1) is 6.54 Å². The summed E-state index contributed by atoms with van der Waals surface area (Å²) in [7, 11) is 1.96. The Morgan fingerprint density at radius 1 is 1.12 bits per heavy atom. The molecule has 0 fully saturated rings. The van der Waals surface area contributed by atoms with Crippen LogP contribution in [0.1, 0.15) is 15.9 Å². The summed E-state index contributed by atoms with van der Waals surface area (Å²) >= 11 is 0. The largest absolute Gasteiger partial charge is 0.435 e. The van der Waals surface area contributed by atoms with E-state index in [9.17, 15) is 13.6 Å². The lowest BCUT2D eigenvalue weighted by molar-refractivity contribution is -0.0498. The fourth-order valence-electron chi connectivity index (χ4n) is 3.10. The maximum Gasteiger partial charge on any atom is 0.387 e. The van der Waals surface area contributed by atoms with Crippen LogP contribution in [0.4, 0.5) is 14.5 Å². The zero-order valence-corrected chi connectivity index (χ0v) is 12.9. The Hall–Kier alpha value is -2.89. The predicted octanol–water partition coefficient (Wildman–Crippen LogP) is 3.94. The van der Waals surface area contributed by atoms with Gasteiger partial charge in [-0.2, -0.15) is 8.78 Å². The van der Waals surface area contributed by atoms with Crippen LogP contribution in [0.15, 0.2) is 48.7 Å². The molecule has 3 aromatic rings. The number of carbonyl (C=O) groups excluding carboxylic acids is 1. The highest BCUT2D eigenvalue weighted by Gasteiger charge is 2.29. The zero-order chi connectivity index (χ0) is 16.8. The van der Waals surface area contributed by atoms with Crippen molar-refractivity contribution in [2.24, 2.45) is 7.05 Å². The minimum Gasteiger partial charge on any atom is -0.435 e. The molecule has 0 atom stereocenters. The summed E-state index contributed by atoms with van der Waals surface area (Å²) in [5.41, 5.74) is 3.07. The van der Waals surface area contributed by atoms with Crippen LogP contribution in [0.2, 0.25) is 0 Å². The van der Waals surface area contributed by atoms with Crippen LogP contribution < -0.4 is 9.64 Å². The highest BCUT2D eigenvalue weighted by molar-refractivity contribution is 6.10. The van der Waals surface area contributed by atoms with E-state index in [2.05, 4.69) is 4.74 Å². The highest BCUT2D eigenvalue weighted by Crippen LogP contribution is 2.32. The molecule has 0 aliphatic carbocycles. The van der Waals surface area contributed by atoms with E-state index in [1.165, 1.54) is 12.1 Å². The molecule has 0 unspecified atom stereocenters. The quantitative estimate of drug-likeness (QED) is 0.730. The van der Waals surface area contributed by atoms with Gasteiger partial charge in [-0.25, -0.2) is 0 Å². The standard InChI is InChI=1S/C18H14F2N2O2/c1-21-7-6-11-8-13(3-5-16(11)21)22-10-12-2-4-14(24-18(19)20)9-15(12)17(22)23/h2-9,18H,10H2,1H3. The maximum absolute atomic E-state index is 12.7. The molecule has 2 aromatic carbocycles. The van der Waals surface area contributed by atoms with Crippen molar-refractivity contribution in [3.8, 4) is 5.75 Å². The van der Waals surface area contributed by atoms with Gasteiger partial charge in [-0.05, 0) is 42.0 Å². The number of alkyl halides is 2. The smallest absolute Gasteiger partial charge is 0.387 e. The Morgan fingerprint density at radius 3 is 2.75 bits per heavy atom. The fraction of sp³-hybridized carbons (Fsp3) is 0.167. The second-order valence-electron chi connectivity index (χ2n) is 5.76. The Kier molecular flexibility index (Phi) is 3.26. The average Bonchev–Trinajstić information content (AvgIpc) is 3.08. The molecule has 1 aromatic heterocycles. The van der Waals surface area contributed by atoms with Gasteiger partial charge in [-0.1, -0.05) is 6.07 Å². The summed E-state index contributed by atoms with van der Waals surface area (Å²) in [6, 6.07) is 12.3. The molecule has 6 heteroatoms. The van der Waals surface area contributed by atoms with E-state index >= 15 is 0 Å². The summed E-state index contributed by atoms with van der Waals surface area (Å²) in [5, 5.41) is 1.04. The molecule has 0 bridgehead atoms. The van der Waals surface area contributed by atoms with Gasteiger partial charge in [-0.15, -0.1) is 0 Å². The fourth-order valence-corrected chi connectivity index (χ4v) is 3.10. The van der Waals surface area contributed by atoms with Crippen molar-refractivity contribution in [2.45, 2.75) is 13.2 Å². The number of hydrogen-bond donors (Lipinski definition) is 0. The number of ether oxygens (including phenoxy) is 1. The molecule has 1 aliphatic rings. The topological polar surface area (TPSA) is 34.5 Å². The number of hydrogen-bond acceptors (Lipinski definition) is 2. The highest BCUT2D eigenvalue weighted by atomic mass is 19.3. The molecule has 1 amide bonds. The van der Waals surface area contributed by atoms with E-state index < -0.39 is 6.61 Å². The molecule has 4 nitrogen and oxygen atoms in total. The number of benzene rings is 2. The third-order valence-electron chi connectivity index (χ3n) is 4.29. The first-order chi connectivity index (χ1) is 11.5. The van der Waals surface area contributed by atoms with Crippen LogP contribution in [0.3, 0.4) is 0 Å². The Labute approximate surface area is 136 Å². The monoisotopic (exact) mass is 328 g/mol. The Morgan fingerprint density at radius 2 is 1.96 bits per heavy atom. The van der Waals surface area contributed by atoms with Crippen LogP contribution in [-0.4, -0.2) is 17.1 Å². The number of rotatable bonds is 3. The molecule has 0 N–H and O–H groups in total. The van der Waals surface area contributed by atoms with Crippen LogP contribution >= 0.6 is 0 Å². The number of anilines is 1. The van der Waals surface area contributed by atoms with E-state index in [-0.39, 0.29) is 11.7 Å². The molecule has 122 valence electrons. The minimum absolute atomic E-state index is 0.00235. The summed E-state index contributed by atoms with van der Waals surface area (Å²) in [5.74, 6) is -0.211. The molecule has 0 saturated heterocycles. The summed E-state index contributed by atoms with van der Waals surface area (Å²) in [6.45, 7) is -2.49. The molecule has 0 spiro atoms. The lowest BCUT2D eigenvalue weighted by Crippen LogP contribution is -2.22. The predicted molar refractivity (Wildman–Crippen MR) is 86.5 cm³/mol. The molecule has 0 radical (unpaired) electrons. The molecule has 4 rings (SSSR count). The lowest BCUT2D eigenvalue weighted by atomic mass is 10.1. The van der Waals surface area contributed by atoms with Gasteiger partial charge in [0.15, 0.2) is 0 Å². The van der Waals surface area contributed by atoms with Gasteiger partial charge in [-0.3, -0.25) is 4.79 Å². The third kappa shape index (κ3) is 2.31. The third-order valence-corrected chi connectivity index (χ3v) is 4.29. The molecule has 1 aliphatic heterocycles. The number of carbonyl (C=O) groups is 1. The number of aromatic nitrogens is 1. The molecule has 0 saturated carbocycles. The normalized spacial score (nSPS) is 13.8. The van der Waals surface area contributed by atoms with Gasteiger partial charge in [0.1, 0.15) is 5.75 Å². The van der Waals surface area contributed by atoms with Crippen LogP contribution in [0.25, 0.3) is 10.9 Å². The Bertz CT molecular complexity index is 949. The van der Waals surface area contributed by atoms with Crippen LogP contribution in [0.5, 0.6) is 5.75 Å². The van der Waals surface area contributed by atoms with E-state index in [0.717, 1.165) is 22.2 Å². The first kappa shape index (κ1) is 14.7. The first-order valence-electron chi connectivity index (χ1n) is 7.47. The second kappa shape index (κ2) is 5.33. The maximum atomic E-state index is 12.7. The van der Waals surface area contributed by atoms with Gasteiger partial charge in [0, 0.05) is 35.4 Å². The number of halogens is 2. The van der Waals surface area contributed by atoms with Crippen molar-refractivity contribution in [1.29, 1.82) is 0 Å². The van der Waals surface area contributed by atoms with Gasteiger partial charge in [0.2, 0.25) is 0 Å². The molecular weight excluding hydrogens is 314 g/mol. The number of fused-ring (bicyclic) bond motifs is 2. The van der Waals surface area contributed by atoms with E-state index in [1.807, 2.05) is 42.1 Å². The molecular formula is C18H14F2N2O2. The van der Waals surface area contributed by atoms with Crippen molar-refractivity contribution in [2.75, 3.05) is 4.90 Å². The lowest BCUT2D eigenvalue weighted by Gasteiger charge is -2.16. The summed E-state index contributed by atoms with van der Waals surface area (Å²) < 4.78 is 31.1. The van der Waals surface area contributed by atoms with Crippen molar-refractivity contribution in [1.82, 2.24) is 4.57 Å². The van der Waals surface area contributed by atoms with Crippen molar-refractivity contribution < 1.29 is 18.3 Å². The summed E-state index contributed by atoms with van der Waals surface area (Å²) in [6.07, 6.45) is 1.96. The molecule has 2 heterocycles. The van der Waals surface area contributed by atoms with Crippen molar-refractivity contribution >= 4 is 22.5 Å². The first-order valence-corrected chi connectivity index (χ1v) is 7.47. The number of amides is 1. The number of aryl methyl sites for hydroxylation is 1. The second-order valence-corrected chi connectivity index (χ2v) is 5.76. The Balaban J connectivity index is 1.68. The van der Waals surface area contributed by atoms with Crippen LogP contribution in [0, 0.1) is 0 Å². The van der Waals surface area contributed by atoms with Gasteiger partial charge in [0.25, 0.3) is 5.91 Å². The van der Waals surface area contributed by atoms with E-state index in [4.69, 9.17) is 0 Å². The molecule has 24 heavy (non-hydrogen) atoms. The van der Waals surface area contributed by atoms with Gasteiger partial charge >= 0.3 is 6.61 Å². The average molecular weight is 328 g/mol. The van der Waals surface area contributed by atoms with Crippen molar-refractivity contribution in [3.05, 3.63) is 59.8 Å². The minimum atomic E-state index is -2.91. The number of nitrogens with zero attached hydrogens (tertiary/aromatic N) is 2.